The van der Waals surface area contributed by atoms with Crippen LogP contribution in [0.15, 0.2) is 23.0 Å². The minimum absolute atomic E-state index is 0.179. The molecule has 3 atom stereocenters. The van der Waals surface area contributed by atoms with E-state index in [0.717, 1.165) is 12.8 Å². The van der Waals surface area contributed by atoms with Gasteiger partial charge < -0.3 is 10.3 Å². The number of hydrogen-bond acceptors (Lipinski definition) is 2. The van der Waals surface area contributed by atoms with Crippen LogP contribution in [0.25, 0.3) is 0 Å². The number of rotatable bonds is 3. The molecule has 1 saturated carbocycles. The second-order valence-electron chi connectivity index (χ2n) is 5.11. The number of amides is 1. The molecule has 0 radical (unpaired) electrons. The van der Waals surface area contributed by atoms with Crippen LogP contribution < -0.4 is 10.9 Å². The fourth-order valence-corrected chi connectivity index (χ4v) is 2.85. The first-order chi connectivity index (χ1) is 8.61. The zero-order chi connectivity index (χ0) is 13.1. The number of nitrogens with one attached hydrogen (secondary N) is 2. The van der Waals surface area contributed by atoms with Gasteiger partial charge in [0.1, 0.15) is 5.69 Å². The maximum atomic E-state index is 12.0. The summed E-state index contributed by atoms with van der Waals surface area (Å²) in [6.45, 7) is 4.39. The Morgan fingerprint density at radius 1 is 1.44 bits per heavy atom. The van der Waals surface area contributed by atoms with E-state index in [9.17, 15) is 9.59 Å². The number of aromatic nitrogens is 1. The maximum absolute atomic E-state index is 12.0. The number of carbonyl (C=O) groups is 1. The number of aromatic amines is 1. The Balaban J connectivity index is 2.02. The molecule has 1 aliphatic carbocycles. The minimum Gasteiger partial charge on any atom is -0.348 e. The Kier molecular flexibility index (Phi) is 3.84. The molecule has 0 saturated heterocycles. The van der Waals surface area contributed by atoms with Gasteiger partial charge in [0.2, 0.25) is 5.56 Å². The highest BCUT2D eigenvalue weighted by molar-refractivity contribution is 5.92. The lowest BCUT2D eigenvalue weighted by Crippen LogP contribution is -2.38. The third-order valence-corrected chi connectivity index (χ3v) is 4.08. The molecule has 4 nitrogen and oxygen atoms in total. The van der Waals surface area contributed by atoms with Gasteiger partial charge in [-0.1, -0.05) is 26.3 Å². The molecule has 1 aliphatic rings. The Morgan fingerprint density at radius 3 is 2.83 bits per heavy atom. The molecule has 18 heavy (non-hydrogen) atoms. The van der Waals surface area contributed by atoms with Crippen LogP contribution in [-0.2, 0) is 0 Å². The van der Waals surface area contributed by atoms with Crippen LogP contribution in [0, 0.1) is 11.8 Å². The average Bonchev–Trinajstić information content (AvgIpc) is 2.70. The van der Waals surface area contributed by atoms with Gasteiger partial charge in [-0.15, -0.1) is 0 Å². The normalized spacial score (nSPS) is 27.1. The molecule has 1 aromatic rings. The Hall–Kier alpha value is -1.58. The topological polar surface area (TPSA) is 62.0 Å². The van der Waals surface area contributed by atoms with E-state index in [-0.39, 0.29) is 17.5 Å². The number of carbonyl (C=O) groups excluding carboxylic acids is 1. The highest BCUT2D eigenvalue weighted by Crippen LogP contribution is 2.33. The van der Waals surface area contributed by atoms with Crippen molar-refractivity contribution in [1.29, 1.82) is 0 Å². The van der Waals surface area contributed by atoms with Gasteiger partial charge in [-0.05, 0) is 30.7 Å². The Labute approximate surface area is 107 Å². The molecule has 4 heteroatoms. The second-order valence-corrected chi connectivity index (χ2v) is 5.11. The molecule has 0 aromatic carbocycles. The fourth-order valence-electron chi connectivity index (χ4n) is 2.85. The summed E-state index contributed by atoms with van der Waals surface area (Å²) in [4.78, 5) is 25.7. The van der Waals surface area contributed by atoms with Gasteiger partial charge in [0.05, 0.1) is 0 Å². The van der Waals surface area contributed by atoms with Gasteiger partial charge in [0.15, 0.2) is 0 Å². The van der Waals surface area contributed by atoms with Crippen molar-refractivity contribution in [2.45, 2.75) is 39.2 Å². The van der Waals surface area contributed by atoms with E-state index in [1.54, 1.807) is 12.1 Å². The molecule has 1 fully saturated rings. The predicted molar refractivity (Wildman–Crippen MR) is 70.5 cm³/mol. The van der Waals surface area contributed by atoms with Crippen molar-refractivity contribution in [3.8, 4) is 0 Å². The summed E-state index contributed by atoms with van der Waals surface area (Å²) in [6.07, 6.45) is 3.37. The summed E-state index contributed by atoms with van der Waals surface area (Å²) in [5.74, 6) is 1.03. The first kappa shape index (κ1) is 12.9. The van der Waals surface area contributed by atoms with E-state index < -0.39 is 0 Å². The van der Waals surface area contributed by atoms with Crippen LogP contribution in [0.2, 0.25) is 0 Å². The maximum Gasteiger partial charge on any atom is 0.268 e. The van der Waals surface area contributed by atoms with Crippen molar-refractivity contribution < 1.29 is 4.79 Å². The molecule has 0 aliphatic heterocycles. The highest BCUT2D eigenvalue weighted by Gasteiger charge is 2.32. The van der Waals surface area contributed by atoms with Crippen LogP contribution in [0.5, 0.6) is 0 Å². The van der Waals surface area contributed by atoms with Gasteiger partial charge in [-0.25, -0.2) is 0 Å². The molecule has 0 spiro atoms. The highest BCUT2D eigenvalue weighted by atomic mass is 16.2. The van der Waals surface area contributed by atoms with Crippen molar-refractivity contribution >= 4 is 5.91 Å². The van der Waals surface area contributed by atoms with Crippen LogP contribution in [0.4, 0.5) is 0 Å². The molecule has 2 N–H and O–H groups in total. The average molecular weight is 248 g/mol. The molecule has 1 heterocycles. The molecule has 98 valence electrons. The van der Waals surface area contributed by atoms with E-state index in [1.807, 2.05) is 0 Å². The van der Waals surface area contributed by atoms with Gasteiger partial charge in [-0.3, -0.25) is 9.59 Å². The van der Waals surface area contributed by atoms with E-state index in [4.69, 9.17) is 0 Å². The van der Waals surface area contributed by atoms with Crippen LogP contribution in [0.1, 0.15) is 43.6 Å². The van der Waals surface area contributed by atoms with E-state index in [1.165, 1.54) is 12.5 Å². The summed E-state index contributed by atoms with van der Waals surface area (Å²) in [6, 6.07) is 4.86. The SMILES string of the molecule is CCC1CCC(NC(=O)c2cccc(=O)[nH]2)C1C. The molecule has 1 aromatic heterocycles. The zero-order valence-corrected chi connectivity index (χ0v) is 10.9. The van der Waals surface area contributed by atoms with Crippen molar-refractivity contribution in [1.82, 2.24) is 10.3 Å². The van der Waals surface area contributed by atoms with Gasteiger partial charge >= 0.3 is 0 Å². The second kappa shape index (κ2) is 5.38. The molecule has 1 amide bonds. The van der Waals surface area contributed by atoms with E-state index in [0.29, 0.717) is 17.5 Å². The summed E-state index contributed by atoms with van der Waals surface area (Å²) in [7, 11) is 0. The standard InChI is InChI=1S/C14H20N2O2/c1-3-10-7-8-11(9(10)2)16-14(18)12-5-4-6-13(17)15-12/h4-6,9-11H,3,7-8H2,1-2H3,(H,15,17)(H,16,18). The Morgan fingerprint density at radius 2 is 2.22 bits per heavy atom. The summed E-state index contributed by atoms with van der Waals surface area (Å²) in [5.41, 5.74) is 0.100. The number of hydrogen-bond donors (Lipinski definition) is 2. The summed E-state index contributed by atoms with van der Waals surface area (Å²) >= 11 is 0. The number of pyridine rings is 1. The molecule has 3 unspecified atom stereocenters. The first-order valence-corrected chi connectivity index (χ1v) is 6.62. The van der Waals surface area contributed by atoms with Crippen LogP contribution in [-0.4, -0.2) is 16.9 Å². The lowest BCUT2D eigenvalue weighted by Gasteiger charge is -2.20. The lowest BCUT2D eigenvalue weighted by molar-refractivity contribution is 0.0921. The lowest BCUT2D eigenvalue weighted by atomic mass is 9.93. The third kappa shape index (κ3) is 2.63. The molecule has 0 bridgehead atoms. The quantitative estimate of drug-likeness (QED) is 0.858. The largest absolute Gasteiger partial charge is 0.348 e. The zero-order valence-electron chi connectivity index (χ0n) is 10.9. The first-order valence-electron chi connectivity index (χ1n) is 6.62. The summed E-state index contributed by atoms with van der Waals surface area (Å²) < 4.78 is 0. The summed E-state index contributed by atoms with van der Waals surface area (Å²) in [5, 5.41) is 3.03. The fraction of sp³-hybridized carbons (Fsp3) is 0.571. The molecular formula is C14H20N2O2. The van der Waals surface area contributed by atoms with E-state index >= 15 is 0 Å². The van der Waals surface area contributed by atoms with Gasteiger partial charge in [-0.2, -0.15) is 0 Å². The third-order valence-electron chi connectivity index (χ3n) is 4.08. The minimum atomic E-state index is -0.242. The Bertz CT molecular complexity index is 481. The predicted octanol–water partition coefficient (Wildman–Crippen LogP) is 1.93. The van der Waals surface area contributed by atoms with E-state index in [2.05, 4.69) is 24.1 Å². The number of H-pyrrole nitrogens is 1. The van der Waals surface area contributed by atoms with Gasteiger partial charge in [0.25, 0.3) is 5.91 Å². The van der Waals surface area contributed by atoms with Crippen molar-refractivity contribution in [2.24, 2.45) is 11.8 Å². The van der Waals surface area contributed by atoms with Crippen LogP contribution in [0.3, 0.4) is 0 Å². The van der Waals surface area contributed by atoms with Gasteiger partial charge in [0, 0.05) is 12.1 Å². The molecular weight excluding hydrogens is 228 g/mol. The van der Waals surface area contributed by atoms with Crippen LogP contribution >= 0.6 is 0 Å². The molecule has 2 rings (SSSR count). The monoisotopic (exact) mass is 248 g/mol. The van der Waals surface area contributed by atoms with Crippen molar-refractivity contribution in [3.05, 3.63) is 34.2 Å². The van der Waals surface area contributed by atoms with Crippen molar-refractivity contribution in [3.63, 3.8) is 0 Å². The smallest absolute Gasteiger partial charge is 0.268 e. The van der Waals surface area contributed by atoms with Crippen molar-refractivity contribution in [2.75, 3.05) is 0 Å².